The number of nitrogens with zero attached hydrogens (tertiary/aromatic N) is 2. The fourth-order valence-corrected chi connectivity index (χ4v) is 1.56. The molecule has 16 heavy (non-hydrogen) atoms. The zero-order chi connectivity index (χ0) is 11.2. The van der Waals surface area contributed by atoms with E-state index in [4.69, 9.17) is 4.74 Å². The van der Waals surface area contributed by atoms with Crippen LogP contribution in [0.25, 0.3) is 0 Å². The van der Waals surface area contributed by atoms with E-state index in [0.29, 0.717) is 11.8 Å². The van der Waals surface area contributed by atoms with Crippen LogP contribution in [0.1, 0.15) is 6.42 Å². The van der Waals surface area contributed by atoms with Crippen molar-refractivity contribution in [1.29, 1.82) is 0 Å². The van der Waals surface area contributed by atoms with Crippen LogP contribution in [0.5, 0.6) is 5.88 Å². The van der Waals surface area contributed by atoms with Crippen molar-refractivity contribution in [1.82, 2.24) is 15.3 Å². The highest BCUT2D eigenvalue weighted by Gasteiger charge is 2.04. The van der Waals surface area contributed by atoms with Crippen LogP contribution in [0, 0.1) is 0 Å². The average molecular weight is 220 g/mol. The summed E-state index contributed by atoms with van der Waals surface area (Å²) in [4.78, 5) is 8.32. The second-order valence-corrected chi connectivity index (χ2v) is 3.59. The van der Waals surface area contributed by atoms with Crippen molar-refractivity contribution >= 4 is 5.95 Å². The van der Waals surface area contributed by atoms with Gasteiger partial charge in [0.2, 0.25) is 11.8 Å². The van der Waals surface area contributed by atoms with Gasteiger partial charge < -0.3 is 15.4 Å². The van der Waals surface area contributed by atoms with Gasteiger partial charge in [0.15, 0.2) is 0 Å². The van der Waals surface area contributed by atoms with E-state index in [-0.39, 0.29) is 0 Å². The molecule has 0 bridgehead atoms. The summed E-state index contributed by atoms with van der Waals surface area (Å²) in [6.45, 7) is 2.80. The first kappa shape index (κ1) is 10.9. The molecule has 0 saturated heterocycles. The van der Waals surface area contributed by atoms with Crippen LogP contribution < -0.4 is 15.4 Å². The van der Waals surface area contributed by atoms with E-state index in [1.165, 1.54) is 5.57 Å². The Morgan fingerprint density at radius 2 is 2.50 bits per heavy atom. The van der Waals surface area contributed by atoms with Crippen molar-refractivity contribution < 1.29 is 4.74 Å². The van der Waals surface area contributed by atoms with Crippen LogP contribution in [0.2, 0.25) is 0 Å². The second-order valence-electron chi connectivity index (χ2n) is 3.59. The highest BCUT2D eigenvalue weighted by molar-refractivity contribution is 5.30. The molecule has 0 radical (unpaired) electrons. The molecular formula is C11H16N4O. The summed E-state index contributed by atoms with van der Waals surface area (Å²) in [6.07, 6.45) is 4.97. The Labute approximate surface area is 94.9 Å². The van der Waals surface area contributed by atoms with Crippen molar-refractivity contribution in [2.45, 2.75) is 6.42 Å². The number of hydrogen-bond acceptors (Lipinski definition) is 5. The predicted molar refractivity (Wildman–Crippen MR) is 62.6 cm³/mol. The Morgan fingerprint density at radius 1 is 1.56 bits per heavy atom. The van der Waals surface area contributed by atoms with Gasteiger partial charge in [-0.1, -0.05) is 11.6 Å². The summed E-state index contributed by atoms with van der Waals surface area (Å²) >= 11 is 0. The van der Waals surface area contributed by atoms with Crippen LogP contribution in [-0.4, -0.2) is 36.7 Å². The zero-order valence-corrected chi connectivity index (χ0v) is 9.36. The Kier molecular flexibility index (Phi) is 3.71. The van der Waals surface area contributed by atoms with Gasteiger partial charge in [-0.3, -0.25) is 0 Å². The van der Waals surface area contributed by atoms with E-state index in [9.17, 15) is 0 Å². The van der Waals surface area contributed by atoms with Gasteiger partial charge >= 0.3 is 0 Å². The Bertz CT molecular complexity index is 378. The van der Waals surface area contributed by atoms with Crippen molar-refractivity contribution in [3.05, 3.63) is 23.9 Å². The first-order valence-electron chi connectivity index (χ1n) is 5.38. The molecule has 0 atom stereocenters. The number of ether oxygens (including phenoxy) is 1. The molecule has 0 aliphatic carbocycles. The topological polar surface area (TPSA) is 59.1 Å². The number of aromatic nitrogens is 2. The minimum Gasteiger partial charge on any atom is -0.481 e. The van der Waals surface area contributed by atoms with Gasteiger partial charge in [-0.25, -0.2) is 4.98 Å². The summed E-state index contributed by atoms with van der Waals surface area (Å²) in [5.74, 6) is 1.19. The normalized spacial score (nSPS) is 15.4. The molecule has 2 heterocycles. The lowest BCUT2D eigenvalue weighted by atomic mass is 10.1. The summed E-state index contributed by atoms with van der Waals surface area (Å²) in [7, 11) is 1.60. The first-order chi connectivity index (χ1) is 7.88. The second kappa shape index (κ2) is 5.46. The average Bonchev–Trinajstić information content (AvgIpc) is 2.38. The van der Waals surface area contributed by atoms with Gasteiger partial charge in [0, 0.05) is 25.4 Å². The molecule has 0 unspecified atom stereocenters. The highest BCUT2D eigenvalue weighted by atomic mass is 16.5. The van der Waals surface area contributed by atoms with E-state index in [0.717, 1.165) is 26.1 Å². The Morgan fingerprint density at radius 3 is 3.25 bits per heavy atom. The third-order valence-electron chi connectivity index (χ3n) is 2.47. The number of rotatable bonds is 4. The van der Waals surface area contributed by atoms with E-state index in [2.05, 4.69) is 26.7 Å². The maximum atomic E-state index is 5.03. The number of anilines is 1. The highest BCUT2D eigenvalue weighted by Crippen LogP contribution is 2.09. The minimum absolute atomic E-state index is 0.580. The van der Waals surface area contributed by atoms with Crippen LogP contribution in [-0.2, 0) is 0 Å². The lowest BCUT2D eigenvalue weighted by Crippen LogP contribution is -2.23. The van der Waals surface area contributed by atoms with Gasteiger partial charge in [-0.2, -0.15) is 4.98 Å². The predicted octanol–water partition coefficient (Wildman–Crippen LogP) is 0.817. The molecule has 0 saturated carbocycles. The molecule has 86 valence electrons. The summed E-state index contributed by atoms with van der Waals surface area (Å²) in [6, 6.07) is 1.73. The van der Waals surface area contributed by atoms with Gasteiger partial charge in [-0.05, 0) is 13.0 Å². The monoisotopic (exact) mass is 220 g/mol. The summed E-state index contributed by atoms with van der Waals surface area (Å²) in [5.41, 5.74) is 1.39. The van der Waals surface area contributed by atoms with Gasteiger partial charge in [-0.15, -0.1) is 0 Å². The van der Waals surface area contributed by atoms with Crippen LogP contribution >= 0.6 is 0 Å². The van der Waals surface area contributed by atoms with E-state index in [1.807, 2.05) is 0 Å². The van der Waals surface area contributed by atoms with Crippen molar-refractivity contribution in [3.8, 4) is 5.88 Å². The fraction of sp³-hybridized carbons (Fsp3) is 0.455. The van der Waals surface area contributed by atoms with Crippen LogP contribution in [0.3, 0.4) is 0 Å². The van der Waals surface area contributed by atoms with Crippen molar-refractivity contribution in [2.75, 3.05) is 32.1 Å². The van der Waals surface area contributed by atoms with E-state index < -0.39 is 0 Å². The molecule has 1 aliphatic rings. The van der Waals surface area contributed by atoms with Crippen molar-refractivity contribution in [3.63, 3.8) is 0 Å². The molecule has 0 spiro atoms. The van der Waals surface area contributed by atoms with E-state index >= 15 is 0 Å². The third kappa shape index (κ3) is 2.93. The molecule has 1 aromatic rings. The minimum atomic E-state index is 0.580. The standard InChI is InChI=1S/C11H16N4O/c1-16-10-4-7-13-11(15-10)14-8-9-2-5-12-6-3-9/h2,4,7,12H,3,5-6,8H2,1H3,(H,13,14,15). The van der Waals surface area contributed by atoms with Crippen LogP contribution in [0.15, 0.2) is 23.9 Å². The molecule has 1 aliphatic heterocycles. The molecular weight excluding hydrogens is 204 g/mol. The largest absolute Gasteiger partial charge is 0.481 e. The summed E-state index contributed by atoms with van der Waals surface area (Å²) in [5, 5.41) is 6.47. The van der Waals surface area contributed by atoms with Gasteiger partial charge in [0.25, 0.3) is 0 Å². The van der Waals surface area contributed by atoms with Gasteiger partial charge in [0.1, 0.15) is 0 Å². The molecule has 0 aromatic carbocycles. The molecule has 5 nitrogen and oxygen atoms in total. The molecule has 2 N–H and O–H groups in total. The van der Waals surface area contributed by atoms with Gasteiger partial charge in [0.05, 0.1) is 7.11 Å². The third-order valence-corrected chi connectivity index (χ3v) is 2.47. The molecule has 5 heteroatoms. The lowest BCUT2D eigenvalue weighted by molar-refractivity contribution is 0.397. The SMILES string of the molecule is COc1ccnc(NCC2=CCNCC2)n1. The number of hydrogen-bond donors (Lipinski definition) is 2. The van der Waals surface area contributed by atoms with Crippen molar-refractivity contribution in [2.24, 2.45) is 0 Å². The molecule has 1 aromatic heterocycles. The fourth-order valence-electron chi connectivity index (χ4n) is 1.56. The van der Waals surface area contributed by atoms with Crippen LogP contribution in [0.4, 0.5) is 5.95 Å². The Balaban J connectivity index is 1.91. The quantitative estimate of drug-likeness (QED) is 0.736. The smallest absolute Gasteiger partial charge is 0.226 e. The molecule has 0 amide bonds. The number of nitrogens with one attached hydrogen (secondary N) is 2. The summed E-state index contributed by atoms with van der Waals surface area (Å²) < 4.78 is 5.03. The molecule has 0 fully saturated rings. The first-order valence-corrected chi connectivity index (χ1v) is 5.38. The molecule has 2 rings (SSSR count). The number of methoxy groups -OCH3 is 1. The van der Waals surface area contributed by atoms with E-state index in [1.54, 1.807) is 19.4 Å². The lowest BCUT2D eigenvalue weighted by Gasteiger charge is -2.14. The maximum Gasteiger partial charge on any atom is 0.226 e. The zero-order valence-electron chi connectivity index (χ0n) is 9.36. The maximum absolute atomic E-state index is 5.03. The Hall–Kier alpha value is -1.62.